The van der Waals surface area contributed by atoms with E-state index >= 15 is 0 Å². The van der Waals surface area contributed by atoms with Gasteiger partial charge in [0, 0.05) is 25.5 Å². The number of hydrogen-bond donors (Lipinski definition) is 2. The molecule has 6 nitrogen and oxygen atoms in total. The molecule has 106 valence electrons. The van der Waals surface area contributed by atoms with E-state index in [9.17, 15) is 9.90 Å². The lowest BCUT2D eigenvalue weighted by Crippen LogP contribution is -2.44. The predicted octanol–water partition coefficient (Wildman–Crippen LogP) is 0.161. The van der Waals surface area contributed by atoms with Crippen molar-refractivity contribution in [3.05, 3.63) is 30.0 Å². The van der Waals surface area contributed by atoms with Crippen LogP contribution in [-0.4, -0.2) is 53.4 Å². The molecule has 2 atom stereocenters. The number of fused-ring (bicyclic) bond motifs is 1. The van der Waals surface area contributed by atoms with E-state index in [0.29, 0.717) is 24.4 Å². The molecule has 1 aliphatic heterocycles. The molecule has 0 saturated carbocycles. The van der Waals surface area contributed by atoms with Gasteiger partial charge in [0.25, 0.3) is 0 Å². The van der Waals surface area contributed by atoms with Gasteiger partial charge in [-0.2, -0.15) is 0 Å². The summed E-state index contributed by atoms with van der Waals surface area (Å²) in [7, 11) is 1.71. The monoisotopic (exact) mass is 275 g/mol. The van der Waals surface area contributed by atoms with Crippen LogP contribution in [0.1, 0.15) is 5.69 Å². The highest BCUT2D eigenvalue weighted by molar-refractivity contribution is 5.86. The molecule has 0 spiro atoms. The first-order valence-electron chi connectivity index (χ1n) is 6.64. The van der Waals surface area contributed by atoms with Crippen LogP contribution in [0.15, 0.2) is 28.8 Å². The van der Waals surface area contributed by atoms with Crippen LogP contribution in [0.2, 0.25) is 0 Å². The molecule has 3 rings (SSSR count). The maximum absolute atomic E-state index is 12.3. The fraction of sp³-hybridized carbons (Fsp3) is 0.429. The summed E-state index contributed by atoms with van der Waals surface area (Å²) in [5, 5.41) is 17.7. The van der Waals surface area contributed by atoms with Gasteiger partial charge in [0.15, 0.2) is 5.58 Å². The zero-order valence-electron chi connectivity index (χ0n) is 11.2. The third-order valence-electron chi connectivity index (χ3n) is 3.81. The number of likely N-dealkylation sites (N-methyl/N-ethyl adjacent to an activating group) is 1. The molecule has 0 aliphatic carbocycles. The van der Waals surface area contributed by atoms with Crippen LogP contribution in [-0.2, 0) is 11.2 Å². The summed E-state index contributed by atoms with van der Waals surface area (Å²) in [4.78, 5) is 13.9. The molecule has 1 saturated heterocycles. The van der Waals surface area contributed by atoms with Gasteiger partial charge in [-0.25, -0.2) is 0 Å². The van der Waals surface area contributed by atoms with Crippen molar-refractivity contribution in [3.8, 4) is 0 Å². The Bertz CT molecular complexity index is 625. The number of amides is 1. The van der Waals surface area contributed by atoms with Crippen molar-refractivity contribution in [2.45, 2.75) is 18.6 Å². The van der Waals surface area contributed by atoms with Gasteiger partial charge in [0.1, 0.15) is 5.69 Å². The lowest BCUT2D eigenvalue weighted by molar-refractivity contribution is -0.132. The van der Waals surface area contributed by atoms with Crippen molar-refractivity contribution < 1.29 is 14.4 Å². The van der Waals surface area contributed by atoms with Crippen molar-refractivity contribution >= 4 is 16.9 Å². The first kappa shape index (κ1) is 13.1. The molecule has 1 amide bonds. The van der Waals surface area contributed by atoms with Gasteiger partial charge < -0.3 is 19.8 Å². The van der Waals surface area contributed by atoms with Crippen LogP contribution in [0, 0.1) is 0 Å². The fourth-order valence-electron chi connectivity index (χ4n) is 2.56. The number of aromatic nitrogens is 1. The van der Waals surface area contributed by atoms with Crippen LogP contribution in [0.3, 0.4) is 0 Å². The molecular formula is C14H17N3O3. The molecule has 1 aliphatic rings. The molecular weight excluding hydrogens is 258 g/mol. The maximum atomic E-state index is 12.3. The van der Waals surface area contributed by atoms with Gasteiger partial charge >= 0.3 is 0 Å². The minimum Gasteiger partial charge on any atom is -0.390 e. The van der Waals surface area contributed by atoms with E-state index in [1.54, 1.807) is 11.9 Å². The van der Waals surface area contributed by atoms with Crippen LogP contribution < -0.4 is 5.32 Å². The first-order valence-corrected chi connectivity index (χ1v) is 6.64. The van der Waals surface area contributed by atoms with Crippen LogP contribution in [0.25, 0.3) is 11.0 Å². The predicted molar refractivity (Wildman–Crippen MR) is 73.1 cm³/mol. The van der Waals surface area contributed by atoms with Crippen molar-refractivity contribution in [3.63, 3.8) is 0 Å². The SMILES string of the molecule is CN(C(=O)Cc1noc2ccccc12)[C@@H]1CNC[C@H]1O. The molecule has 6 heteroatoms. The summed E-state index contributed by atoms with van der Waals surface area (Å²) >= 11 is 0. The summed E-state index contributed by atoms with van der Waals surface area (Å²) in [6, 6.07) is 7.29. The molecule has 1 fully saturated rings. The second-order valence-corrected chi connectivity index (χ2v) is 5.10. The van der Waals surface area contributed by atoms with Crippen molar-refractivity contribution in [1.82, 2.24) is 15.4 Å². The summed E-state index contributed by atoms with van der Waals surface area (Å²) < 4.78 is 5.19. The second-order valence-electron chi connectivity index (χ2n) is 5.10. The number of nitrogens with one attached hydrogen (secondary N) is 1. The molecule has 2 aromatic rings. The van der Waals surface area contributed by atoms with E-state index < -0.39 is 6.10 Å². The number of aliphatic hydroxyl groups excluding tert-OH is 1. The average Bonchev–Trinajstić information content (AvgIpc) is 3.05. The molecule has 0 radical (unpaired) electrons. The fourth-order valence-corrected chi connectivity index (χ4v) is 2.56. The van der Waals surface area contributed by atoms with Crippen LogP contribution in [0.5, 0.6) is 0 Å². The number of benzene rings is 1. The minimum absolute atomic E-state index is 0.0724. The van der Waals surface area contributed by atoms with Gasteiger partial charge in [0.05, 0.1) is 18.6 Å². The number of β-amino-alcohol motifs (C(OH)–C–C–N with tert-alkyl or cyclic N) is 1. The summed E-state index contributed by atoms with van der Waals surface area (Å²) in [5.41, 5.74) is 1.32. The number of carbonyl (C=O) groups excluding carboxylic acids is 1. The summed E-state index contributed by atoms with van der Waals surface area (Å²) in [6.45, 7) is 1.14. The highest BCUT2D eigenvalue weighted by Gasteiger charge is 2.31. The van der Waals surface area contributed by atoms with Crippen molar-refractivity contribution in [1.29, 1.82) is 0 Å². The molecule has 0 bridgehead atoms. The van der Waals surface area contributed by atoms with Crippen LogP contribution >= 0.6 is 0 Å². The van der Waals surface area contributed by atoms with Gasteiger partial charge in [-0.1, -0.05) is 17.3 Å². The number of nitrogens with zero attached hydrogens (tertiary/aromatic N) is 2. The smallest absolute Gasteiger partial charge is 0.228 e. The number of para-hydroxylation sites is 1. The number of aliphatic hydroxyl groups is 1. The third-order valence-corrected chi connectivity index (χ3v) is 3.81. The number of rotatable bonds is 3. The van der Waals surface area contributed by atoms with Crippen LogP contribution in [0.4, 0.5) is 0 Å². The molecule has 2 N–H and O–H groups in total. The van der Waals surface area contributed by atoms with Gasteiger partial charge in [-0.15, -0.1) is 0 Å². The highest BCUT2D eigenvalue weighted by atomic mass is 16.5. The van der Waals surface area contributed by atoms with E-state index in [0.717, 1.165) is 5.39 Å². The first-order chi connectivity index (χ1) is 9.66. The maximum Gasteiger partial charge on any atom is 0.228 e. The Kier molecular flexibility index (Phi) is 3.42. The van der Waals surface area contributed by atoms with E-state index in [-0.39, 0.29) is 18.4 Å². The second kappa shape index (κ2) is 5.22. The van der Waals surface area contributed by atoms with Gasteiger partial charge in [-0.3, -0.25) is 4.79 Å². The van der Waals surface area contributed by atoms with E-state index in [1.807, 2.05) is 24.3 Å². The van der Waals surface area contributed by atoms with E-state index in [1.165, 1.54) is 0 Å². The van der Waals surface area contributed by atoms with Crippen molar-refractivity contribution in [2.75, 3.05) is 20.1 Å². The molecule has 2 heterocycles. The Labute approximate surface area is 116 Å². The lowest BCUT2D eigenvalue weighted by Gasteiger charge is -2.26. The molecule has 20 heavy (non-hydrogen) atoms. The molecule has 1 aromatic carbocycles. The summed E-state index contributed by atoms with van der Waals surface area (Å²) in [6.07, 6.45) is -0.338. The highest BCUT2D eigenvalue weighted by Crippen LogP contribution is 2.19. The normalized spacial score (nSPS) is 22.3. The third kappa shape index (κ3) is 2.28. The average molecular weight is 275 g/mol. The topological polar surface area (TPSA) is 78.6 Å². The largest absolute Gasteiger partial charge is 0.390 e. The zero-order valence-corrected chi connectivity index (χ0v) is 11.2. The summed E-state index contributed by atoms with van der Waals surface area (Å²) in [5.74, 6) is -0.0724. The number of carbonyl (C=O) groups is 1. The molecule has 1 aromatic heterocycles. The van der Waals surface area contributed by atoms with E-state index in [4.69, 9.17) is 4.52 Å². The number of hydrogen-bond acceptors (Lipinski definition) is 5. The van der Waals surface area contributed by atoms with Gasteiger partial charge in [-0.05, 0) is 12.1 Å². The standard InChI is InChI=1S/C14H17N3O3/c1-17(11-7-15-8-12(11)18)14(19)6-10-9-4-2-3-5-13(9)20-16-10/h2-5,11-12,15,18H,6-8H2,1H3/t11-,12-/m1/s1. The lowest BCUT2D eigenvalue weighted by atomic mass is 10.1. The Morgan fingerprint density at radius 1 is 1.50 bits per heavy atom. The Balaban J connectivity index is 1.75. The van der Waals surface area contributed by atoms with Gasteiger partial charge in [0.2, 0.25) is 5.91 Å². The Morgan fingerprint density at radius 3 is 3.05 bits per heavy atom. The Hall–Kier alpha value is -1.92. The zero-order chi connectivity index (χ0) is 14.1. The van der Waals surface area contributed by atoms with E-state index in [2.05, 4.69) is 10.5 Å². The quantitative estimate of drug-likeness (QED) is 0.834. The Morgan fingerprint density at radius 2 is 2.30 bits per heavy atom. The minimum atomic E-state index is -0.516. The van der Waals surface area contributed by atoms with Crippen molar-refractivity contribution in [2.24, 2.45) is 0 Å². The molecule has 0 unspecified atom stereocenters.